The van der Waals surface area contributed by atoms with Crippen LogP contribution in [0.15, 0.2) is 85.1 Å². The molecule has 0 radical (unpaired) electrons. The minimum atomic E-state index is -1.10. The van der Waals surface area contributed by atoms with Crippen molar-refractivity contribution in [3.8, 4) is 0 Å². The number of anilines is 1. The third-order valence-electron chi connectivity index (χ3n) is 4.81. The number of nitrogens with zero attached hydrogens (tertiary/aromatic N) is 3. The molecular weight excluding hydrogens is 382 g/mol. The predicted octanol–water partition coefficient (Wildman–Crippen LogP) is 3.79. The second-order valence-corrected chi connectivity index (χ2v) is 6.73. The molecule has 1 aromatic heterocycles. The number of hydrogen-bond donors (Lipinski definition) is 0. The van der Waals surface area contributed by atoms with Gasteiger partial charge in [0.25, 0.3) is 5.91 Å². The van der Waals surface area contributed by atoms with Crippen molar-refractivity contribution in [3.05, 3.63) is 96.3 Å². The number of para-hydroxylation sites is 1. The number of urea groups is 1. The van der Waals surface area contributed by atoms with Gasteiger partial charge in [-0.05, 0) is 36.8 Å². The lowest BCUT2D eigenvalue weighted by molar-refractivity contribution is -0.133. The van der Waals surface area contributed by atoms with Gasteiger partial charge >= 0.3 is 12.0 Å². The fraction of sp³-hybridized carbons (Fsp3) is 0.130. The van der Waals surface area contributed by atoms with E-state index in [2.05, 4.69) is 4.98 Å². The molecule has 150 valence electrons. The average Bonchev–Trinajstić information content (AvgIpc) is 3.05. The maximum absolute atomic E-state index is 13.3. The van der Waals surface area contributed by atoms with Crippen LogP contribution in [0.5, 0.6) is 0 Å². The first-order valence-electron chi connectivity index (χ1n) is 9.46. The first-order valence-corrected chi connectivity index (χ1v) is 9.46. The molecule has 1 aliphatic rings. The van der Waals surface area contributed by atoms with E-state index in [1.165, 1.54) is 24.1 Å². The van der Waals surface area contributed by atoms with Gasteiger partial charge in [0.2, 0.25) is 0 Å². The Morgan fingerprint density at radius 1 is 0.933 bits per heavy atom. The summed E-state index contributed by atoms with van der Waals surface area (Å²) >= 11 is 0. The Bertz CT molecular complexity index is 1000. The number of esters is 1. The molecule has 1 fully saturated rings. The van der Waals surface area contributed by atoms with Gasteiger partial charge in [-0.25, -0.2) is 19.5 Å². The molecule has 0 bridgehead atoms. The number of imide groups is 1. The van der Waals surface area contributed by atoms with Crippen molar-refractivity contribution in [3.63, 3.8) is 0 Å². The van der Waals surface area contributed by atoms with Crippen LogP contribution in [0.2, 0.25) is 0 Å². The number of rotatable bonds is 5. The average molecular weight is 401 g/mol. The lowest BCUT2D eigenvalue weighted by atomic mass is 10.1. The molecule has 1 aliphatic heterocycles. The quantitative estimate of drug-likeness (QED) is 0.480. The zero-order chi connectivity index (χ0) is 21.1. The van der Waals surface area contributed by atoms with Crippen molar-refractivity contribution in [1.29, 1.82) is 0 Å². The molecule has 2 aromatic carbocycles. The van der Waals surface area contributed by atoms with Crippen molar-refractivity contribution in [2.45, 2.75) is 19.2 Å². The molecule has 7 nitrogen and oxygen atoms in total. The van der Waals surface area contributed by atoms with Crippen LogP contribution in [0.4, 0.5) is 10.5 Å². The summed E-state index contributed by atoms with van der Waals surface area (Å²) < 4.78 is 5.39. The molecular formula is C23H19N3O4. The number of ether oxygens (including phenoxy) is 1. The molecule has 0 aliphatic carbocycles. The van der Waals surface area contributed by atoms with Crippen LogP contribution in [-0.2, 0) is 9.53 Å². The SMILES string of the molecule is CC(OC(=O)c1ccccn1)N1C(=O)C(c2ccccc2)N(c2ccccc2)C1=O. The second-order valence-electron chi connectivity index (χ2n) is 6.73. The first-order chi connectivity index (χ1) is 14.6. The Balaban J connectivity index is 1.66. The van der Waals surface area contributed by atoms with Gasteiger partial charge in [-0.1, -0.05) is 54.6 Å². The second kappa shape index (κ2) is 8.16. The van der Waals surface area contributed by atoms with Crippen LogP contribution in [0, 0.1) is 0 Å². The van der Waals surface area contributed by atoms with E-state index in [0.717, 1.165) is 4.90 Å². The summed E-state index contributed by atoms with van der Waals surface area (Å²) in [7, 11) is 0. The Labute approximate surface area is 173 Å². The van der Waals surface area contributed by atoms with Crippen LogP contribution >= 0.6 is 0 Å². The van der Waals surface area contributed by atoms with Crippen molar-refractivity contribution in [1.82, 2.24) is 9.88 Å². The maximum atomic E-state index is 13.3. The lowest BCUT2D eigenvalue weighted by Gasteiger charge is -2.23. The highest BCUT2D eigenvalue weighted by molar-refractivity contribution is 6.14. The van der Waals surface area contributed by atoms with Crippen LogP contribution in [0.1, 0.15) is 29.0 Å². The summed E-state index contributed by atoms with van der Waals surface area (Å²) in [6, 6.07) is 21.4. The lowest BCUT2D eigenvalue weighted by Crippen LogP contribution is -2.42. The van der Waals surface area contributed by atoms with Gasteiger partial charge in [0, 0.05) is 11.9 Å². The number of carbonyl (C=O) groups is 3. The number of hydrogen-bond acceptors (Lipinski definition) is 5. The monoisotopic (exact) mass is 401 g/mol. The van der Waals surface area contributed by atoms with Crippen LogP contribution < -0.4 is 4.90 Å². The van der Waals surface area contributed by atoms with Crippen molar-refractivity contribution in [2.75, 3.05) is 4.90 Å². The molecule has 0 saturated carbocycles. The smallest absolute Gasteiger partial charge is 0.358 e. The van der Waals surface area contributed by atoms with Gasteiger partial charge < -0.3 is 4.74 Å². The Hall–Kier alpha value is -4.00. The number of benzene rings is 2. The highest BCUT2D eigenvalue weighted by Gasteiger charge is 2.49. The molecule has 3 amide bonds. The molecule has 4 rings (SSSR count). The molecule has 0 N–H and O–H groups in total. The first kappa shape index (κ1) is 19.3. The van der Waals surface area contributed by atoms with Crippen LogP contribution in [0.3, 0.4) is 0 Å². The summed E-state index contributed by atoms with van der Waals surface area (Å²) in [5.41, 5.74) is 1.35. The summed E-state index contributed by atoms with van der Waals surface area (Å²) in [5.74, 6) is -1.17. The Morgan fingerprint density at radius 3 is 2.20 bits per heavy atom. The Morgan fingerprint density at radius 2 is 1.57 bits per heavy atom. The third kappa shape index (κ3) is 3.53. The van der Waals surface area contributed by atoms with E-state index in [-0.39, 0.29) is 5.69 Å². The van der Waals surface area contributed by atoms with Crippen molar-refractivity contribution >= 4 is 23.6 Å². The standard InChI is InChI=1S/C23H19N3O4/c1-16(30-22(28)19-14-8-9-15-24-19)25-21(27)20(17-10-4-2-5-11-17)26(23(25)29)18-12-6-3-7-13-18/h2-16,20H,1H3. The van der Waals surface area contributed by atoms with E-state index in [1.54, 1.807) is 48.5 Å². The van der Waals surface area contributed by atoms with E-state index in [1.807, 2.05) is 24.3 Å². The number of pyridine rings is 1. The maximum Gasteiger partial charge on any atom is 0.358 e. The van der Waals surface area contributed by atoms with E-state index in [0.29, 0.717) is 11.3 Å². The zero-order valence-electron chi connectivity index (χ0n) is 16.2. The zero-order valence-corrected chi connectivity index (χ0v) is 16.2. The molecule has 2 heterocycles. The summed E-state index contributed by atoms with van der Waals surface area (Å²) in [5, 5.41) is 0. The molecule has 0 spiro atoms. The van der Waals surface area contributed by atoms with Crippen LogP contribution in [-0.4, -0.2) is 34.0 Å². The molecule has 2 atom stereocenters. The van der Waals surface area contributed by atoms with E-state index in [4.69, 9.17) is 4.74 Å². The molecule has 7 heteroatoms. The van der Waals surface area contributed by atoms with Gasteiger partial charge in [0.1, 0.15) is 11.7 Å². The fourth-order valence-electron chi connectivity index (χ4n) is 3.42. The van der Waals surface area contributed by atoms with E-state index in [9.17, 15) is 14.4 Å². The summed E-state index contributed by atoms with van der Waals surface area (Å²) in [4.78, 5) is 45.3. The molecule has 1 saturated heterocycles. The molecule has 3 aromatic rings. The minimum absolute atomic E-state index is 0.1000. The number of carbonyl (C=O) groups excluding carboxylic acids is 3. The van der Waals surface area contributed by atoms with Gasteiger partial charge in [-0.3, -0.25) is 9.69 Å². The molecule has 30 heavy (non-hydrogen) atoms. The van der Waals surface area contributed by atoms with Gasteiger partial charge in [0.05, 0.1) is 0 Å². The van der Waals surface area contributed by atoms with Gasteiger partial charge in [-0.2, -0.15) is 0 Å². The topological polar surface area (TPSA) is 79.8 Å². The Kier molecular flexibility index (Phi) is 5.26. The van der Waals surface area contributed by atoms with Crippen molar-refractivity contribution < 1.29 is 19.1 Å². The highest BCUT2D eigenvalue weighted by Crippen LogP contribution is 2.36. The summed E-state index contributed by atoms with van der Waals surface area (Å²) in [6.45, 7) is 1.49. The number of amides is 3. The molecule has 2 unspecified atom stereocenters. The minimum Gasteiger partial charge on any atom is -0.437 e. The van der Waals surface area contributed by atoms with Crippen LogP contribution in [0.25, 0.3) is 0 Å². The normalized spacial score (nSPS) is 17.2. The third-order valence-corrected chi connectivity index (χ3v) is 4.81. The largest absolute Gasteiger partial charge is 0.437 e. The number of aromatic nitrogens is 1. The van der Waals surface area contributed by atoms with Gasteiger partial charge in [-0.15, -0.1) is 0 Å². The predicted molar refractivity (Wildman–Crippen MR) is 109 cm³/mol. The van der Waals surface area contributed by atoms with Crippen molar-refractivity contribution in [2.24, 2.45) is 0 Å². The fourth-order valence-corrected chi connectivity index (χ4v) is 3.42. The highest BCUT2D eigenvalue weighted by atomic mass is 16.6. The summed E-state index contributed by atoms with van der Waals surface area (Å²) in [6.07, 6.45) is 0.370. The van der Waals surface area contributed by atoms with E-state index >= 15 is 0 Å². The van der Waals surface area contributed by atoms with E-state index < -0.39 is 30.2 Å². The van der Waals surface area contributed by atoms with Gasteiger partial charge in [0.15, 0.2) is 6.23 Å².